The van der Waals surface area contributed by atoms with Crippen molar-refractivity contribution in [2.24, 2.45) is 0 Å². The molecule has 0 aliphatic carbocycles. The summed E-state index contributed by atoms with van der Waals surface area (Å²) in [5.74, 6) is 0.290. The number of aromatic hydroxyl groups is 1. The Morgan fingerprint density at radius 1 is 1.10 bits per heavy atom. The second-order valence-corrected chi connectivity index (χ2v) is 6.52. The Morgan fingerprint density at radius 2 is 1.71 bits per heavy atom. The van der Waals surface area contributed by atoms with E-state index in [2.05, 4.69) is 6.58 Å². The first-order chi connectivity index (χ1) is 9.99. The summed E-state index contributed by atoms with van der Waals surface area (Å²) in [5.41, 5.74) is 3.38. The van der Waals surface area contributed by atoms with Gasteiger partial charge in [0.15, 0.2) is 0 Å². The first-order valence-corrected chi connectivity index (χ1v) is 8.03. The molecular weight excluding hydrogens is 280 g/mol. The lowest BCUT2D eigenvalue weighted by Gasteiger charge is -2.18. The maximum absolute atomic E-state index is 12.9. The molecule has 0 aliphatic rings. The number of hydrogen-bond donors (Lipinski definition) is 1. The van der Waals surface area contributed by atoms with Crippen LogP contribution in [0.25, 0.3) is 0 Å². The van der Waals surface area contributed by atoms with Crippen molar-refractivity contribution in [3.05, 3.63) is 65.2 Å². The molecule has 0 spiro atoms. The lowest BCUT2D eigenvalue weighted by Crippen LogP contribution is -2.05. The summed E-state index contributed by atoms with van der Waals surface area (Å²) in [6.45, 7) is 9.43. The Kier molecular flexibility index (Phi) is 4.63. The number of allylic oxidation sites excluding steroid dienone is 1. The van der Waals surface area contributed by atoms with E-state index >= 15 is 0 Å². The quantitative estimate of drug-likeness (QED) is 0.859. The SMILES string of the molecule is C=CCc1c(C)c(S(=O)c2ccccc2)c(C)c(C)c1O. The fourth-order valence-electron chi connectivity index (χ4n) is 2.50. The largest absolute Gasteiger partial charge is 0.507 e. The van der Waals surface area contributed by atoms with Gasteiger partial charge in [-0.3, -0.25) is 0 Å². The Hall–Kier alpha value is -1.87. The highest BCUT2D eigenvalue weighted by Crippen LogP contribution is 2.36. The highest BCUT2D eigenvalue weighted by molar-refractivity contribution is 7.85. The smallest absolute Gasteiger partial charge is 0.122 e. The predicted molar refractivity (Wildman–Crippen MR) is 87.3 cm³/mol. The molecule has 0 aliphatic heterocycles. The van der Waals surface area contributed by atoms with Crippen molar-refractivity contribution >= 4 is 10.8 Å². The van der Waals surface area contributed by atoms with Gasteiger partial charge in [0.05, 0.1) is 15.7 Å². The van der Waals surface area contributed by atoms with Crippen LogP contribution in [0.2, 0.25) is 0 Å². The highest BCUT2D eigenvalue weighted by atomic mass is 32.2. The Balaban J connectivity index is 2.69. The summed E-state index contributed by atoms with van der Waals surface area (Å²) in [7, 11) is -1.25. The molecule has 0 radical (unpaired) electrons. The topological polar surface area (TPSA) is 37.3 Å². The lowest BCUT2D eigenvalue weighted by molar-refractivity contribution is 0.463. The Labute approximate surface area is 128 Å². The van der Waals surface area contributed by atoms with Gasteiger partial charge in [-0.2, -0.15) is 0 Å². The van der Waals surface area contributed by atoms with Crippen molar-refractivity contribution < 1.29 is 9.32 Å². The van der Waals surface area contributed by atoms with Crippen LogP contribution in [-0.2, 0) is 17.2 Å². The molecule has 2 rings (SSSR count). The molecule has 0 saturated heterocycles. The number of rotatable bonds is 4. The summed E-state index contributed by atoms with van der Waals surface area (Å²) >= 11 is 0. The highest BCUT2D eigenvalue weighted by Gasteiger charge is 2.20. The van der Waals surface area contributed by atoms with Crippen LogP contribution in [0.4, 0.5) is 0 Å². The average molecular weight is 300 g/mol. The minimum atomic E-state index is -1.25. The molecular formula is C18H20O2S. The average Bonchev–Trinajstić information content (AvgIpc) is 2.50. The Morgan fingerprint density at radius 3 is 2.29 bits per heavy atom. The standard InChI is InChI=1S/C18H20O2S/c1-5-9-16-14(4)18(13(3)12(2)17(16)19)21(20)15-10-7-6-8-11-15/h5-8,10-11,19H,1,9H2,2-4H3. The van der Waals surface area contributed by atoms with Gasteiger partial charge >= 0.3 is 0 Å². The summed E-state index contributed by atoms with van der Waals surface area (Å²) in [4.78, 5) is 1.58. The van der Waals surface area contributed by atoms with Crippen molar-refractivity contribution in [3.63, 3.8) is 0 Å². The van der Waals surface area contributed by atoms with Crippen LogP contribution >= 0.6 is 0 Å². The monoisotopic (exact) mass is 300 g/mol. The molecule has 0 aromatic heterocycles. The van der Waals surface area contributed by atoms with Gasteiger partial charge < -0.3 is 5.11 Å². The third-order valence-corrected chi connectivity index (χ3v) is 5.51. The molecule has 3 heteroatoms. The van der Waals surface area contributed by atoms with Gasteiger partial charge in [-0.05, 0) is 56.0 Å². The van der Waals surface area contributed by atoms with E-state index in [1.807, 2.05) is 51.1 Å². The van der Waals surface area contributed by atoms with E-state index < -0.39 is 10.8 Å². The molecule has 2 aromatic rings. The first kappa shape index (κ1) is 15.5. The van der Waals surface area contributed by atoms with Gasteiger partial charge in [0.1, 0.15) is 5.75 Å². The van der Waals surface area contributed by atoms with Gasteiger partial charge in [-0.25, -0.2) is 4.21 Å². The zero-order chi connectivity index (χ0) is 15.6. The zero-order valence-electron chi connectivity index (χ0n) is 12.6. The molecule has 2 aromatic carbocycles. The Bertz CT molecular complexity index is 703. The van der Waals surface area contributed by atoms with Gasteiger partial charge in [0, 0.05) is 10.5 Å². The molecule has 0 fully saturated rings. The van der Waals surface area contributed by atoms with Gasteiger partial charge in [-0.15, -0.1) is 6.58 Å². The molecule has 2 nitrogen and oxygen atoms in total. The number of hydrogen-bond acceptors (Lipinski definition) is 2. The van der Waals surface area contributed by atoms with Crippen LogP contribution in [0.1, 0.15) is 22.3 Å². The normalized spacial score (nSPS) is 12.1. The first-order valence-electron chi connectivity index (χ1n) is 6.88. The van der Waals surface area contributed by atoms with Crippen LogP contribution < -0.4 is 0 Å². The second kappa shape index (κ2) is 6.27. The number of benzene rings is 2. The summed E-state index contributed by atoms with van der Waals surface area (Å²) < 4.78 is 12.9. The predicted octanol–water partition coefficient (Wildman–Crippen LogP) is 4.21. The van der Waals surface area contributed by atoms with Gasteiger partial charge in [0.25, 0.3) is 0 Å². The minimum Gasteiger partial charge on any atom is -0.507 e. The maximum atomic E-state index is 12.9. The molecule has 21 heavy (non-hydrogen) atoms. The number of phenols is 1. The molecule has 1 atom stereocenters. The van der Waals surface area contributed by atoms with E-state index in [1.165, 1.54) is 0 Å². The van der Waals surface area contributed by atoms with Crippen molar-refractivity contribution in [2.45, 2.75) is 37.0 Å². The van der Waals surface area contributed by atoms with E-state index in [1.54, 1.807) is 6.08 Å². The maximum Gasteiger partial charge on any atom is 0.122 e. The second-order valence-electron chi connectivity index (χ2n) is 5.11. The van der Waals surface area contributed by atoms with E-state index in [9.17, 15) is 9.32 Å². The van der Waals surface area contributed by atoms with Crippen LogP contribution in [0, 0.1) is 20.8 Å². The zero-order valence-corrected chi connectivity index (χ0v) is 13.5. The minimum absolute atomic E-state index is 0.290. The fourth-order valence-corrected chi connectivity index (χ4v) is 3.98. The summed E-state index contributed by atoms with van der Waals surface area (Å²) in [6.07, 6.45) is 2.32. The number of phenolic OH excluding ortho intramolecular Hbond substituents is 1. The molecule has 1 unspecified atom stereocenters. The fraction of sp³-hybridized carbons (Fsp3) is 0.222. The van der Waals surface area contributed by atoms with Gasteiger partial charge in [0.2, 0.25) is 0 Å². The van der Waals surface area contributed by atoms with Gasteiger partial charge in [-0.1, -0.05) is 24.3 Å². The van der Waals surface area contributed by atoms with E-state index in [-0.39, 0.29) is 0 Å². The molecule has 1 N–H and O–H groups in total. The van der Waals surface area contributed by atoms with Crippen molar-refractivity contribution in [1.29, 1.82) is 0 Å². The molecule has 0 heterocycles. The molecule has 0 amide bonds. The van der Waals surface area contributed by atoms with E-state index in [0.29, 0.717) is 12.2 Å². The summed E-state index contributed by atoms with van der Waals surface area (Å²) in [6, 6.07) is 9.41. The third-order valence-electron chi connectivity index (χ3n) is 3.83. The van der Waals surface area contributed by atoms with Crippen molar-refractivity contribution in [1.82, 2.24) is 0 Å². The van der Waals surface area contributed by atoms with Crippen LogP contribution in [-0.4, -0.2) is 9.32 Å². The molecule has 0 saturated carbocycles. The van der Waals surface area contributed by atoms with Crippen molar-refractivity contribution in [3.8, 4) is 5.75 Å². The van der Waals surface area contributed by atoms with Crippen LogP contribution in [0.15, 0.2) is 52.8 Å². The summed E-state index contributed by atoms with van der Waals surface area (Å²) in [5, 5.41) is 10.3. The van der Waals surface area contributed by atoms with E-state index in [4.69, 9.17) is 0 Å². The van der Waals surface area contributed by atoms with E-state index in [0.717, 1.165) is 32.0 Å². The molecule has 0 bridgehead atoms. The molecule has 110 valence electrons. The third kappa shape index (κ3) is 2.79. The van der Waals surface area contributed by atoms with Crippen LogP contribution in [0.3, 0.4) is 0 Å². The van der Waals surface area contributed by atoms with Crippen molar-refractivity contribution in [2.75, 3.05) is 0 Å². The van der Waals surface area contributed by atoms with Crippen LogP contribution in [0.5, 0.6) is 5.75 Å². The lowest BCUT2D eigenvalue weighted by atomic mass is 9.97.